The topological polar surface area (TPSA) is 105 Å². The van der Waals surface area contributed by atoms with Crippen LogP contribution >= 0.6 is 0 Å². The monoisotopic (exact) mass is 471 g/mol. The maximum absolute atomic E-state index is 10.4. The molecule has 8 heteroatoms. The van der Waals surface area contributed by atoms with Crippen molar-refractivity contribution in [1.82, 2.24) is 5.01 Å². The number of aliphatic imine (C=N–C) groups is 1. The zero-order chi connectivity index (χ0) is 24.7. The van der Waals surface area contributed by atoms with Crippen LogP contribution in [-0.2, 0) is 27.4 Å². The van der Waals surface area contributed by atoms with E-state index in [0.29, 0.717) is 37.6 Å². The average Bonchev–Trinajstić information content (AvgIpc) is 3.26. The maximum atomic E-state index is 10.4. The van der Waals surface area contributed by atoms with E-state index in [0.717, 1.165) is 11.1 Å². The predicted molar refractivity (Wildman–Crippen MR) is 134 cm³/mol. The van der Waals surface area contributed by atoms with Crippen molar-refractivity contribution < 1.29 is 14.2 Å². The van der Waals surface area contributed by atoms with Gasteiger partial charge in [-0.15, -0.1) is 0 Å². The molecule has 3 atom stereocenters. The molecular formula is C27H29N5O3. The zero-order valence-corrected chi connectivity index (χ0v) is 19.7. The number of ether oxygens (including phenoxy) is 3. The first-order valence-electron chi connectivity index (χ1n) is 11.5. The number of nitrogens with zero attached hydrogens (tertiary/aromatic N) is 4. The molecule has 0 saturated carbocycles. The summed E-state index contributed by atoms with van der Waals surface area (Å²) in [7, 11) is 0. The van der Waals surface area contributed by atoms with Crippen LogP contribution in [0.3, 0.4) is 0 Å². The van der Waals surface area contributed by atoms with Crippen molar-refractivity contribution in [3.05, 3.63) is 95.8 Å². The Balaban J connectivity index is 1.54. The van der Waals surface area contributed by atoms with Gasteiger partial charge in [0.2, 0.25) is 5.60 Å². The molecule has 0 aromatic heterocycles. The van der Waals surface area contributed by atoms with E-state index in [-0.39, 0.29) is 11.9 Å². The normalized spacial score (nSPS) is 24.9. The van der Waals surface area contributed by atoms with Gasteiger partial charge in [0.05, 0.1) is 31.6 Å². The summed E-state index contributed by atoms with van der Waals surface area (Å²) in [6, 6.07) is 22.0. The van der Waals surface area contributed by atoms with Gasteiger partial charge in [-0.25, -0.2) is 10.0 Å². The average molecular weight is 472 g/mol. The van der Waals surface area contributed by atoms with Gasteiger partial charge in [-0.2, -0.15) is 10.4 Å². The second kappa shape index (κ2) is 11.1. The Morgan fingerprint density at radius 3 is 2.49 bits per heavy atom. The van der Waals surface area contributed by atoms with E-state index < -0.39 is 11.7 Å². The van der Waals surface area contributed by atoms with Gasteiger partial charge in [0, 0.05) is 6.42 Å². The Morgan fingerprint density at radius 1 is 1.20 bits per heavy atom. The summed E-state index contributed by atoms with van der Waals surface area (Å²) in [5.74, 6) is 0.277. The molecule has 180 valence electrons. The molecule has 2 aliphatic rings. The molecule has 2 aromatic carbocycles. The Hall–Kier alpha value is -3.77. The SMILES string of the molecule is C=C(N1N=CN=C(N)/C1=C/C)[C@]1(C#N)O[C@H](COCc2ccccc2)C[C@H]1OCc1ccccc1. The summed E-state index contributed by atoms with van der Waals surface area (Å²) in [5, 5.41) is 16.2. The van der Waals surface area contributed by atoms with E-state index in [1.54, 1.807) is 6.08 Å². The molecule has 1 fully saturated rings. The summed E-state index contributed by atoms with van der Waals surface area (Å²) < 4.78 is 18.5. The third kappa shape index (κ3) is 5.33. The van der Waals surface area contributed by atoms with Crippen LogP contribution in [0.5, 0.6) is 0 Å². The van der Waals surface area contributed by atoms with Crippen LogP contribution in [0.2, 0.25) is 0 Å². The zero-order valence-electron chi connectivity index (χ0n) is 19.7. The smallest absolute Gasteiger partial charge is 0.222 e. The second-order valence-corrected chi connectivity index (χ2v) is 8.29. The van der Waals surface area contributed by atoms with Crippen molar-refractivity contribution >= 4 is 12.2 Å². The summed E-state index contributed by atoms with van der Waals surface area (Å²) in [6.45, 7) is 7.09. The van der Waals surface area contributed by atoms with Gasteiger partial charge in [-0.05, 0) is 18.1 Å². The third-order valence-electron chi connectivity index (χ3n) is 5.97. The number of hydrogen-bond donors (Lipinski definition) is 1. The highest BCUT2D eigenvalue weighted by Gasteiger charge is 2.54. The molecule has 0 amide bonds. The van der Waals surface area contributed by atoms with Crippen LogP contribution in [0, 0.1) is 11.3 Å². The second-order valence-electron chi connectivity index (χ2n) is 8.29. The minimum Gasteiger partial charge on any atom is -0.382 e. The molecule has 0 radical (unpaired) electrons. The van der Waals surface area contributed by atoms with Crippen molar-refractivity contribution in [2.75, 3.05) is 6.61 Å². The minimum atomic E-state index is -1.49. The van der Waals surface area contributed by atoms with Gasteiger partial charge < -0.3 is 19.9 Å². The number of amidine groups is 1. The van der Waals surface area contributed by atoms with Gasteiger partial charge in [-0.1, -0.05) is 73.3 Å². The van der Waals surface area contributed by atoms with E-state index in [2.05, 4.69) is 22.7 Å². The molecule has 2 aromatic rings. The standard InChI is InChI=1S/C27H29N5O3/c1-3-24-26(29)30-19-31-32(24)20(2)27(18-28)25(34-16-22-12-8-5-9-13-22)14-23(35-27)17-33-15-21-10-6-4-7-11-21/h3-13,19,23,25H,2,14-17H2,1H3,(H2,29,30,31)/b24-3-/t23-,25+,27-/m0/s1. The van der Waals surface area contributed by atoms with Gasteiger partial charge in [-0.3, -0.25) is 0 Å². The van der Waals surface area contributed by atoms with Crippen LogP contribution in [0.15, 0.2) is 94.8 Å². The number of allylic oxidation sites excluding steroid dienone is 1. The number of nitriles is 1. The predicted octanol–water partition coefficient (Wildman–Crippen LogP) is 3.87. The molecule has 4 rings (SSSR count). The summed E-state index contributed by atoms with van der Waals surface area (Å²) in [4.78, 5) is 4.05. The minimum absolute atomic E-state index is 0.277. The van der Waals surface area contributed by atoms with Crippen molar-refractivity contribution in [2.45, 2.75) is 44.4 Å². The summed E-state index contributed by atoms with van der Waals surface area (Å²) >= 11 is 0. The lowest BCUT2D eigenvalue weighted by molar-refractivity contribution is -0.0761. The number of benzene rings is 2. The lowest BCUT2D eigenvalue weighted by Crippen LogP contribution is -2.47. The summed E-state index contributed by atoms with van der Waals surface area (Å²) in [5.41, 5.74) is 7.46. The first-order valence-corrected chi connectivity index (χ1v) is 11.5. The van der Waals surface area contributed by atoms with Gasteiger partial charge in [0.1, 0.15) is 24.2 Å². The fourth-order valence-corrected chi connectivity index (χ4v) is 4.17. The van der Waals surface area contributed by atoms with Crippen LogP contribution in [-0.4, -0.2) is 41.6 Å². The molecule has 0 spiro atoms. The van der Waals surface area contributed by atoms with E-state index in [9.17, 15) is 5.26 Å². The molecule has 0 aliphatic carbocycles. The van der Waals surface area contributed by atoms with Crippen LogP contribution < -0.4 is 5.73 Å². The fraction of sp³-hybridized carbons (Fsp3) is 0.296. The van der Waals surface area contributed by atoms with Gasteiger partial charge in [0.25, 0.3) is 0 Å². The Labute approximate surface area is 205 Å². The molecule has 35 heavy (non-hydrogen) atoms. The first-order chi connectivity index (χ1) is 17.1. The maximum Gasteiger partial charge on any atom is 0.222 e. The highest BCUT2D eigenvalue weighted by Crippen LogP contribution is 2.41. The molecule has 1 saturated heterocycles. The number of nitrogens with two attached hydrogens (primary N) is 1. The van der Waals surface area contributed by atoms with Gasteiger partial charge >= 0.3 is 0 Å². The van der Waals surface area contributed by atoms with E-state index in [1.165, 1.54) is 11.3 Å². The van der Waals surface area contributed by atoms with Crippen molar-refractivity contribution in [1.29, 1.82) is 5.26 Å². The fourth-order valence-electron chi connectivity index (χ4n) is 4.17. The van der Waals surface area contributed by atoms with Crippen LogP contribution in [0.25, 0.3) is 0 Å². The molecular weight excluding hydrogens is 442 g/mol. The quantitative estimate of drug-likeness (QED) is 0.595. The van der Waals surface area contributed by atoms with E-state index in [1.807, 2.05) is 67.6 Å². The van der Waals surface area contributed by atoms with Crippen molar-refractivity contribution in [3.8, 4) is 6.07 Å². The van der Waals surface area contributed by atoms with Crippen molar-refractivity contribution in [3.63, 3.8) is 0 Å². The van der Waals surface area contributed by atoms with Gasteiger partial charge in [0.15, 0.2) is 5.84 Å². The largest absolute Gasteiger partial charge is 0.382 e. The van der Waals surface area contributed by atoms with E-state index >= 15 is 0 Å². The number of rotatable bonds is 9. The van der Waals surface area contributed by atoms with Crippen LogP contribution in [0.4, 0.5) is 0 Å². The van der Waals surface area contributed by atoms with Crippen molar-refractivity contribution in [2.24, 2.45) is 15.8 Å². The lowest BCUT2D eigenvalue weighted by Gasteiger charge is -2.35. The first kappa shape index (κ1) is 24.4. The van der Waals surface area contributed by atoms with E-state index in [4.69, 9.17) is 19.9 Å². The molecule has 2 aliphatic heterocycles. The lowest BCUT2D eigenvalue weighted by atomic mass is 9.93. The molecule has 0 bridgehead atoms. The molecule has 8 nitrogen and oxygen atoms in total. The Kier molecular flexibility index (Phi) is 7.73. The molecule has 2 N–H and O–H groups in total. The Bertz CT molecular complexity index is 1160. The highest BCUT2D eigenvalue weighted by atomic mass is 16.6. The number of hydrogen-bond acceptors (Lipinski definition) is 8. The Morgan fingerprint density at radius 2 is 1.86 bits per heavy atom. The molecule has 0 unspecified atom stereocenters. The number of hydrazone groups is 1. The molecule has 2 heterocycles. The van der Waals surface area contributed by atoms with Crippen LogP contribution in [0.1, 0.15) is 24.5 Å². The third-order valence-corrected chi connectivity index (χ3v) is 5.97. The highest BCUT2D eigenvalue weighted by molar-refractivity contribution is 6.01. The summed E-state index contributed by atoms with van der Waals surface area (Å²) in [6.07, 6.45) is 2.58.